The fraction of sp³-hybridized carbons (Fsp3) is 0.375. The highest BCUT2D eigenvalue weighted by molar-refractivity contribution is 6.05. The summed E-state index contributed by atoms with van der Waals surface area (Å²) in [4.78, 5) is 39.5. The maximum atomic E-state index is 12.7. The Morgan fingerprint density at radius 3 is 2.78 bits per heavy atom. The lowest BCUT2D eigenvalue weighted by molar-refractivity contribution is -0.127. The van der Waals surface area contributed by atoms with Crippen molar-refractivity contribution in [3.8, 4) is 11.5 Å². The van der Waals surface area contributed by atoms with E-state index in [0.29, 0.717) is 35.9 Å². The van der Waals surface area contributed by atoms with Gasteiger partial charge in [0.15, 0.2) is 19.0 Å². The van der Waals surface area contributed by atoms with Gasteiger partial charge in [-0.25, -0.2) is 0 Å². The molecule has 168 valence electrons. The Hall–Kier alpha value is -3.39. The SMILES string of the molecule is CC(C(=O)NCC1CCCO1)N1C(=O)COc2ccc(C(=O)COc3ccccc3)cc21. The molecule has 0 radical (unpaired) electrons. The minimum absolute atomic E-state index is 0.00710. The minimum Gasteiger partial charge on any atom is -0.485 e. The number of benzene rings is 2. The van der Waals surface area contributed by atoms with Crippen molar-refractivity contribution < 1.29 is 28.6 Å². The summed E-state index contributed by atoms with van der Waals surface area (Å²) in [6.07, 6.45) is 1.90. The number of ketones is 1. The van der Waals surface area contributed by atoms with Crippen molar-refractivity contribution in [1.82, 2.24) is 5.32 Å². The zero-order valence-corrected chi connectivity index (χ0v) is 17.9. The summed E-state index contributed by atoms with van der Waals surface area (Å²) in [5.74, 6) is 0.165. The monoisotopic (exact) mass is 438 g/mol. The number of Topliss-reactive ketones (excluding diaryl/α,β-unsaturated/α-hetero) is 1. The van der Waals surface area contributed by atoms with Gasteiger partial charge in [0.1, 0.15) is 17.5 Å². The lowest BCUT2D eigenvalue weighted by Crippen LogP contribution is -2.52. The average molecular weight is 438 g/mol. The van der Waals surface area contributed by atoms with Crippen molar-refractivity contribution in [3.05, 3.63) is 54.1 Å². The molecule has 0 saturated carbocycles. The van der Waals surface area contributed by atoms with Crippen LogP contribution in [-0.2, 0) is 14.3 Å². The Morgan fingerprint density at radius 1 is 1.22 bits per heavy atom. The quantitative estimate of drug-likeness (QED) is 0.636. The van der Waals surface area contributed by atoms with Crippen LogP contribution >= 0.6 is 0 Å². The first-order chi connectivity index (χ1) is 15.5. The Balaban J connectivity index is 1.47. The molecule has 1 fully saturated rings. The van der Waals surface area contributed by atoms with Crippen molar-refractivity contribution >= 4 is 23.3 Å². The van der Waals surface area contributed by atoms with Crippen LogP contribution in [0.1, 0.15) is 30.1 Å². The molecule has 1 saturated heterocycles. The standard InChI is InChI=1S/C24H26N2O6/c1-16(24(29)25-13-19-8-5-11-30-19)26-20-12-17(9-10-22(20)32-15-23(26)28)21(27)14-31-18-6-3-2-4-7-18/h2-4,6-7,9-10,12,16,19H,5,8,11,13-15H2,1H3,(H,25,29). The van der Waals surface area contributed by atoms with E-state index in [1.807, 2.05) is 18.2 Å². The molecule has 0 spiro atoms. The zero-order chi connectivity index (χ0) is 22.5. The van der Waals surface area contributed by atoms with Crippen molar-refractivity contribution in [2.45, 2.75) is 31.9 Å². The molecular weight excluding hydrogens is 412 g/mol. The lowest BCUT2D eigenvalue weighted by atomic mass is 10.1. The first kappa shape index (κ1) is 21.8. The first-order valence-electron chi connectivity index (χ1n) is 10.7. The molecular formula is C24H26N2O6. The molecule has 2 aromatic carbocycles. The number of para-hydroxylation sites is 1. The van der Waals surface area contributed by atoms with Crippen LogP contribution in [0.2, 0.25) is 0 Å². The third-order valence-corrected chi connectivity index (χ3v) is 5.57. The molecule has 2 aliphatic rings. The molecule has 0 aromatic heterocycles. The highest BCUT2D eigenvalue weighted by Crippen LogP contribution is 2.34. The number of rotatable bonds is 8. The number of amides is 2. The van der Waals surface area contributed by atoms with Crippen LogP contribution in [0, 0.1) is 0 Å². The van der Waals surface area contributed by atoms with Gasteiger partial charge in [0.05, 0.1) is 11.8 Å². The minimum atomic E-state index is -0.766. The van der Waals surface area contributed by atoms with Crippen LogP contribution in [-0.4, -0.2) is 56.1 Å². The van der Waals surface area contributed by atoms with Crippen LogP contribution in [0.15, 0.2) is 48.5 Å². The van der Waals surface area contributed by atoms with E-state index in [9.17, 15) is 14.4 Å². The molecule has 4 rings (SSSR count). The van der Waals surface area contributed by atoms with Crippen LogP contribution in [0.4, 0.5) is 5.69 Å². The van der Waals surface area contributed by atoms with Crippen molar-refractivity contribution in [1.29, 1.82) is 0 Å². The molecule has 0 aliphatic carbocycles. The smallest absolute Gasteiger partial charge is 0.265 e. The van der Waals surface area contributed by atoms with E-state index >= 15 is 0 Å². The van der Waals surface area contributed by atoms with Crippen molar-refractivity contribution in [2.75, 3.05) is 31.3 Å². The van der Waals surface area contributed by atoms with Crippen LogP contribution in [0.5, 0.6) is 11.5 Å². The maximum Gasteiger partial charge on any atom is 0.265 e. The van der Waals surface area contributed by atoms with E-state index in [-0.39, 0.29) is 36.9 Å². The Labute approximate surface area is 186 Å². The number of carbonyl (C=O) groups excluding carboxylic acids is 3. The van der Waals surface area contributed by atoms with Crippen molar-refractivity contribution in [2.24, 2.45) is 0 Å². The Morgan fingerprint density at radius 2 is 2.03 bits per heavy atom. The summed E-state index contributed by atoms with van der Waals surface area (Å²) in [6, 6.07) is 13.1. The Kier molecular flexibility index (Phi) is 6.70. The van der Waals surface area contributed by atoms with Gasteiger partial charge >= 0.3 is 0 Å². The first-order valence-corrected chi connectivity index (χ1v) is 10.7. The zero-order valence-electron chi connectivity index (χ0n) is 17.9. The van der Waals surface area contributed by atoms with Gasteiger partial charge in [-0.2, -0.15) is 0 Å². The number of nitrogens with zero attached hydrogens (tertiary/aromatic N) is 1. The predicted octanol–water partition coefficient (Wildman–Crippen LogP) is 2.36. The third-order valence-electron chi connectivity index (χ3n) is 5.57. The molecule has 2 aromatic rings. The summed E-state index contributed by atoms with van der Waals surface area (Å²) in [5, 5.41) is 2.86. The van der Waals surface area contributed by atoms with Crippen LogP contribution in [0.25, 0.3) is 0 Å². The van der Waals surface area contributed by atoms with Gasteiger partial charge in [0.25, 0.3) is 5.91 Å². The number of ether oxygens (including phenoxy) is 3. The van der Waals surface area contributed by atoms with Gasteiger partial charge in [-0.05, 0) is 50.1 Å². The van der Waals surface area contributed by atoms with E-state index in [0.717, 1.165) is 12.8 Å². The largest absolute Gasteiger partial charge is 0.485 e. The maximum absolute atomic E-state index is 12.7. The summed E-state index contributed by atoms with van der Waals surface area (Å²) in [5.41, 5.74) is 0.765. The van der Waals surface area contributed by atoms with Crippen LogP contribution in [0.3, 0.4) is 0 Å². The molecule has 2 aliphatic heterocycles. The van der Waals surface area contributed by atoms with Crippen molar-refractivity contribution in [3.63, 3.8) is 0 Å². The molecule has 2 heterocycles. The van der Waals surface area contributed by atoms with E-state index < -0.39 is 6.04 Å². The summed E-state index contributed by atoms with van der Waals surface area (Å²) >= 11 is 0. The molecule has 8 nitrogen and oxygen atoms in total. The topological polar surface area (TPSA) is 94.2 Å². The fourth-order valence-electron chi connectivity index (χ4n) is 3.80. The van der Waals surface area contributed by atoms with E-state index in [2.05, 4.69) is 5.32 Å². The lowest BCUT2D eigenvalue weighted by Gasteiger charge is -2.33. The van der Waals surface area contributed by atoms with E-state index in [4.69, 9.17) is 14.2 Å². The van der Waals surface area contributed by atoms with Gasteiger partial charge in [0.2, 0.25) is 5.91 Å². The average Bonchev–Trinajstić information content (AvgIpc) is 3.34. The van der Waals surface area contributed by atoms with Gasteiger partial charge in [0, 0.05) is 18.7 Å². The molecule has 1 N–H and O–H groups in total. The van der Waals surface area contributed by atoms with E-state index in [1.54, 1.807) is 37.3 Å². The molecule has 2 atom stereocenters. The second-order valence-electron chi connectivity index (χ2n) is 7.82. The highest BCUT2D eigenvalue weighted by Gasteiger charge is 2.34. The molecule has 32 heavy (non-hydrogen) atoms. The van der Waals surface area contributed by atoms with Gasteiger partial charge < -0.3 is 19.5 Å². The number of anilines is 1. The molecule has 2 amide bonds. The Bertz CT molecular complexity index is 987. The second kappa shape index (κ2) is 9.82. The second-order valence-corrected chi connectivity index (χ2v) is 7.82. The number of fused-ring (bicyclic) bond motifs is 1. The van der Waals surface area contributed by atoms with Gasteiger partial charge in [-0.1, -0.05) is 18.2 Å². The number of nitrogens with one attached hydrogen (secondary N) is 1. The van der Waals surface area contributed by atoms with E-state index in [1.165, 1.54) is 4.90 Å². The molecule has 0 bridgehead atoms. The molecule has 8 heteroatoms. The highest BCUT2D eigenvalue weighted by atomic mass is 16.5. The van der Waals surface area contributed by atoms with Crippen LogP contribution < -0.4 is 19.7 Å². The number of hydrogen-bond acceptors (Lipinski definition) is 6. The normalized spacial score (nSPS) is 18.5. The number of hydrogen-bond donors (Lipinski definition) is 1. The predicted molar refractivity (Wildman–Crippen MR) is 117 cm³/mol. The number of carbonyl (C=O) groups is 3. The summed E-state index contributed by atoms with van der Waals surface area (Å²) in [7, 11) is 0. The summed E-state index contributed by atoms with van der Waals surface area (Å²) < 4.78 is 16.6. The fourth-order valence-corrected chi connectivity index (χ4v) is 3.80. The van der Waals surface area contributed by atoms with Gasteiger partial charge in [-0.15, -0.1) is 0 Å². The van der Waals surface area contributed by atoms with Gasteiger partial charge in [-0.3, -0.25) is 19.3 Å². The third kappa shape index (κ3) is 4.91. The summed E-state index contributed by atoms with van der Waals surface area (Å²) in [6.45, 7) is 2.46. The molecule has 2 unspecified atom stereocenters.